The predicted molar refractivity (Wildman–Crippen MR) is 79.8 cm³/mol. The SMILES string of the molecule is COC(=O)C(C)(CCCN1CCOCC1C)NC(C)C. The van der Waals surface area contributed by atoms with E-state index in [0.29, 0.717) is 6.04 Å². The first-order valence-electron chi connectivity index (χ1n) is 7.57. The molecule has 0 amide bonds. The van der Waals surface area contributed by atoms with Gasteiger partial charge in [0.2, 0.25) is 0 Å². The van der Waals surface area contributed by atoms with Crippen molar-refractivity contribution < 1.29 is 14.3 Å². The van der Waals surface area contributed by atoms with Gasteiger partial charge in [0.05, 0.1) is 20.3 Å². The van der Waals surface area contributed by atoms with Gasteiger partial charge in [-0.15, -0.1) is 0 Å². The summed E-state index contributed by atoms with van der Waals surface area (Å²) < 4.78 is 10.4. The molecule has 20 heavy (non-hydrogen) atoms. The average Bonchev–Trinajstić information content (AvgIpc) is 2.39. The fourth-order valence-corrected chi connectivity index (χ4v) is 2.82. The molecule has 1 rings (SSSR count). The van der Waals surface area contributed by atoms with Crippen LogP contribution in [0.25, 0.3) is 0 Å². The molecule has 0 aromatic rings. The van der Waals surface area contributed by atoms with E-state index in [1.807, 2.05) is 20.8 Å². The Balaban J connectivity index is 2.47. The van der Waals surface area contributed by atoms with Crippen LogP contribution in [-0.4, -0.2) is 61.9 Å². The number of nitrogens with one attached hydrogen (secondary N) is 1. The van der Waals surface area contributed by atoms with Crippen molar-refractivity contribution in [1.29, 1.82) is 0 Å². The van der Waals surface area contributed by atoms with Crippen molar-refractivity contribution in [3.05, 3.63) is 0 Å². The third-order valence-electron chi connectivity index (χ3n) is 3.87. The van der Waals surface area contributed by atoms with Crippen molar-refractivity contribution in [1.82, 2.24) is 10.2 Å². The zero-order chi connectivity index (χ0) is 15.2. The first kappa shape index (κ1) is 17.4. The predicted octanol–water partition coefficient (Wildman–Crippen LogP) is 1.42. The van der Waals surface area contributed by atoms with Crippen molar-refractivity contribution in [2.45, 2.75) is 58.2 Å². The highest BCUT2D eigenvalue weighted by atomic mass is 16.5. The number of rotatable bonds is 7. The highest BCUT2D eigenvalue weighted by molar-refractivity contribution is 5.80. The molecule has 5 heteroatoms. The largest absolute Gasteiger partial charge is 0.468 e. The van der Waals surface area contributed by atoms with Gasteiger partial charge in [-0.1, -0.05) is 0 Å². The first-order chi connectivity index (χ1) is 9.39. The zero-order valence-corrected chi connectivity index (χ0v) is 13.6. The van der Waals surface area contributed by atoms with E-state index in [-0.39, 0.29) is 12.0 Å². The number of morpholine rings is 1. The second-order valence-electron chi connectivity index (χ2n) is 6.19. The topological polar surface area (TPSA) is 50.8 Å². The second-order valence-corrected chi connectivity index (χ2v) is 6.19. The molecule has 1 heterocycles. The van der Waals surface area contributed by atoms with Crippen molar-refractivity contribution in [3.8, 4) is 0 Å². The van der Waals surface area contributed by atoms with E-state index in [1.54, 1.807) is 0 Å². The van der Waals surface area contributed by atoms with Gasteiger partial charge in [0.15, 0.2) is 0 Å². The number of nitrogens with zero attached hydrogens (tertiary/aromatic N) is 1. The van der Waals surface area contributed by atoms with E-state index in [9.17, 15) is 4.79 Å². The van der Waals surface area contributed by atoms with Crippen molar-refractivity contribution >= 4 is 5.97 Å². The molecule has 2 atom stereocenters. The van der Waals surface area contributed by atoms with Gasteiger partial charge < -0.3 is 9.47 Å². The molecule has 0 aromatic carbocycles. The number of ether oxygens (including phenoxy) is 2. The molecule has 5 nitrogen and oxygen atoms in total. The Morgan fingerprint density at radius 1 is 1.55 bits per heavy atom. The molecule has 0 radical (unpaired) electrons. The monoisotopic (exact) mass is 286 g/mol. The van der Waals surface area contributed by atoms with Gasteiger partial charge in [0, 0.05) is 18.6 Å². The minimum Gasteiger partial charge on any atom is -0.468 e. The summed E-state index contributed by atoms with van der Waals surface area (Å²) in [6, 6.07) is 0.715. The van der Waals surface area contributed by atoms with Gasteiger partial charge in [0.25, 0.3) is 0 Å². The zero-order valence-electron chi connectivity index (χ0n) is 13.6. The van der Waals surface area contributed by atoms with Crippen molar-refractivity contribution in [3.63, 3.8) is 0 Å². The van der Waals surface area contributed by atoms with Crippen molar-refractivity contribution in [2.75, 3.05) is 33.4 Å². The number of methoxy groups -OCH3 is 1. The van der Waals surface area contributed by atoms with Crippen LogP contribution in [0.2, 0.25) is 0 Å². The summed E-state index contributed by atoms with van der Waals surface area (Å²) in [6.45, 7) is 11.8. The number of hydrogen-bond acceptors (Lipinski definition) is 5. The maximum Gasteiger partial charge on any atom is 0.325 e. The number of esters is 1. The lowest BCUT2D eigenvalue weighted by Gasteiger charge is -2.35. The number of carbonyl (C=O) groups excluding carboxylic acids is 1. The molecule has 0 aliphatic carbocycles. The standard InChI is InChI=1S/C15H30N2O3/c1-12(2)16-15(4,14(18)19-5)7-6-8-17-9-10-20-11-13(17)3/h12-13,16H,6-11H2,1-5H3. The molecular weight excluding hydrogens is 256 g/mol. The van der Waals surface area contributed by atoms with Gasteiger partial charge in [-0.3, -0.25) is 15.0 Å². The molecule has 0 aromatic heterocycles. The molecule has 1 saturated heterocycles. The number of hydrogen-bond donors (Lipinski definition) is 1. The van der Waals surface area contributed by atoms with Crippen LogP contribution in [0, 0.1) is 0 Å². The van der Waals surface area contributed by atoms with Crippen LogP contribution in [0.15, 0.2) is 0 Å². The first-order valence-corrected chi connectivity index (χ1v) is 7.57. The average molecular weight is 286 g/mol. The van der Waals surface area contributed by atoms with Crippen LogP contribution in [-0.2, 0) is 14.3 Å². The molecule has 1 N–H and O–H groups in total. The Bertz CT molecular complexity index is 309. The molecule has 0 bridgehead atoms. The fourth-order valence-electron chi connectivity index (χ4n) is 2.82. The molecule has 2 unspecified atom stereocenters. The molecule has 1 aliphatic heterocycles. The summed E-state index contributed by atoms with van der Waals surface area (Å²) in [7, 11) is 1.45. The molecular formula is C15H30N2O3. The van der Waals surface area contributed by atoms with E-state index < -0.39 is 5.54 Å². The van der Waals surface area contributed by atoms with Gasteiger partial charge in [-0.25, -0.2) is 0 Å². The van der Waals surface area contributed by atoms with Gasteiger partial charge in [-0.2, -0.15) is 0 Å². The number of carbonyl (C=O) groups is 1. The van der Waals surface area contributed by atoms with E-state index in [2.05, 4.69) is 17.1 Å². The van der Waals surface area contributed by atoms with Crippen LogP contribution < -0.4 is 5.32 Å². The minimum absolute atomic E-state index is 0.179. The van der Waals surface area contributed by atoms with Crippen LogP contribution in [0.3, 0.4) is 0 Å². The van der Waals surface area contributed by atoms with Crippen LogP contribution in [0.1, 0.15) is 40.5 Å². The molecule has 1 fully saturated rings. The summed E-state index contributed by atoms with van der Waals surface area (Å²) in [5, 5.41) is 3.34. The lowest BCUT2D eigenvalue weighted by atomic mass is 9.94. The quantitative estimate of drug-likeness (QED) is 0.717. The molecule has 1 aliphatic rings. The van der Waals surface area contributed by atoms with E-state index >= 15 is 0 Å². The van der Waals surface area contributed by atoms with Gasteiger partial charge in [-0.05, 0) is 47.1 Å². The highest BCUT2D eigenvalue weighted by Gasteiger charge is 2.34. The Kier molecular flexibility index (Phi) is 6.92. The fraction of sp³-hybridized carbons (Fsp3) is 0.933. The highest BCUT2D eigenvalue weighted by Crippen LogP contribution is 2.17. The summed E-state index contributed by atoms with van der Waals surface area (Å²) in [4.78, 5) is 14.4. The van der Waals surface area contributed by atoms with Crippen LogP contribution >= 0.6 is 0 Å². The Labute approximate surface area is 123 Å². The van der Waals surface area contributed by atoms with E-state index in [1.165, 1.54) is 7.11 Å². The van der Waals surface area contributed by atoms with E-state index in [0.717, 1.165) is 39.1 Å². The molecule has 0 saturated carbocycles. The van der Waals surface area contributed by atoms with Gasteiger partial charge >= 0.3 is 5.97 Å². The summed E-state index contributed by atoms with van der Waals surface area (Å²) in [6.07, 6.45) is 1.75. The van der Waals surface area contributed by atoms with Crippen molar-refractivity contribution in [2.24, 2.45) is 0 Å². The van der Waals surface area contributed by atoms with E-state index in [4.69, 9.17) is 9.47 Å². The third kappa shape index (κ3) is 5.04. The molecule has 0 spiro atoms. The van der Waals surface area contributed by atoms with Crippen LogP contribution in [0.4, 0.5) is 0 Å². The minimum atomic E-state index is -0.599. The maximum absolute atomic E-state index is 12.0. The Morgan fingerprint density at radius 3 is 2.80 bits per heavy atom. The molecule has 118 valence electrons. The lowest BCUT2D eigenvalue weighted by molar-refractivity contribution is -0.148. The maximum atomic E-state index is 12.0. The summed E-state index contributed by atoms with van der Waals surface area (Å²) in [5.74, 6) is -0.179. The third-order valence-corrected chi connectivity index (χ3v) is 3.87. The summed E-state index contributed by atoms with van der Waals surface area (Å²) in [5.41, 5.74) is -0.599. The normalized spacial score (nSPS) is 23.6. The second kappa shape index (κ2) is 7.96. The smallest absolute Gasteiger partial charge is 0.325 e. The van der Waals surface area contributed by atoms with Crippen LogP contribution in [0.5, 0.6) is 0 Å². The Hall–Kier alpha value is -0.650. The lowest BCUT2D eigenvalue weighted by Crippen LogP contribution is -2.53. The Morgan fingerprint density at radius 2 is 2.25 bits per heavy atom. The summed E-state index contributed by atoms with van der Waals surface area (Å²) >= 11 is 0. The van der Waals surface area contributed by atoms with Gasteiger partial charge in [0.1, 0.15) is 5.54 Å².